The Morgan fingerprint density at radius 3 is 2.57 bits per heavy atom. The largest absolute Gasteiger partial charge is 0.411 e. The Morgan fingerprint density at radius 2 is 2.00 bits per heavy atom. The molecule has 1 amide bonds. The van der Waals surface area contributed by atoms with Crippen LogP contribution in [0.1, 0.15) is 66.2 Å². The molecule has 1 aliphatic heterocycles. The number of oxime groups is 1. The van der Waals surface area contributed by atoms with Crippen LogP contribution in [0.2, 0.25) is 0 Å². The van der Waals surface area contributed by atoms with E-state index in [-0.39, 0.29) is 16.2 Å². The summed E-state index contributed by atoms with van der Waals surface area (Å²) >= 11 is 0. The van der Waals surface area contributed by atoms with Gasteiger partial charge in [-0.1, -0.05) is 25.9 Å². The van der Waals surface area contributed by atoms with Gasteiger partial charge in [0.1, 0.15) is 0 Å². The van der Waals surface area contributed by atoms with Gasteiger partial charge in [0.25, 0.3) is 0 Å². The van der Waals surface area contributed by atoms with E-state index in [0.29, 0.717) is 18.4 Å². The number of carbonyl (C=O) groups is 1. The lowest BCUT2D eigenvalue weighted by molar-refractivity contribution is -0.151. The van der Waals surface area contributed by atoms with Crippen molar-refractivity contribution < 1.29 is 10.0 Å². The molecule has 0 aromatic carbocycles. The quantitative estimate of drug-likeness (QED) is 0.594. The molecular formula is C17H28N2O2. The van der Waals surface area contributed by atoms with Crippen LogP contribution in [-0.2, 0) is 4.79 Å². The van der Waals surface area contributed by atoms with Gasteiger partial charge in [0.15, 0.2) is 0 Å². The third-order valence-electron chi connectivity index (χ3n) is 7.33. The van der Waals surface area contributed by atoms with Gasteiger partial charge in [-0.25, -0.2) is 0 Å². The normalized spacial score (nSPS) is 43.5. The summed E-state index contributed by atoms with van der Waals surface area (Å²) in [6, 6.07) is 0.346. The van der Waals surface area contributed by atoms with Crippen LogP contribution in [0, 0.1) is 16.2 Å². The third-order valence-corrected chi connectivity index (χ3v) is 7.33. The Bertz CT molecular complexity index is 499. The van der Waals surface area contributed by atoms with Crippen molar-refractivity contribution in [3.8, 4) is 0 Å². The van der Waals surface area contributed by atoms with E-state index in [1.165, 1.54) is 6.42 Å². The highest BCUT2D eigenvalue weighted by atomic mass is 16.4. The standard InChI is InChI=1S/C17H28N2O2/c1-12-7-5-6-10-19(12)14(20)17-9-8-16(4,15(17,2)3)13(11-17)18-21/h12,21H,5-11H2,1-4H3/b18-13-/t12-,16+,17-/m1/s1. The molecule has 3 rings (SSSR count). The number of rotatable bonds is 1. The maximum Gasteiger partial charge on any atom is 0.229 e. The average Bonchev–Trinajstić information content (AvgIpc) is 2.76. The topological polar surface area (TPSA) is 52.9 Å². The molecule has 3 fully saturated rings. The first kappa shape index (κ1) is 14.9. The van der Waals surface area contributed by atoms with Gasteiger partial charge in [-0.15, -0.1) is 0 Å². The summed E-state index contributed by atoms with van der Waals surface area (Å²) in [4.78, 5) is 15.5. The van der Waals surface area contributed by atoms with E-state index in [0.717, 1.165) is 37.9 Å². The summed E-state index contributed by atoms with van der Waals surface area (Å²) in [5, 5.41) is 13.0. The highest BCUT2D eigenvalue weighted by Crippen LogP contribution is 2.71. The molecule has 0 aromatic heterocycles. The first-order valence-corrected chi connectivity index (χ1v) is 8.33. The lowest BCUT2D eigenvalue weighted by Gasteiger charge is -2.44. The van der Waals surface area contributed by atoms with Crippen LogP contribution in [0.4, 0.5) is 0 Å². The van der Waals surface area contributed by atoms with Gasteiger partial charge in [-0.3, -0.25) is 4.79 Å². The predicted molar refractivity (Wildman–Crippen MR) is 82.4 cm³/mol. The predicted octanol–water partition coefficient (Wildman–Crippen LogP) is 3.43. The van der Waals surface area contributed by atoms with Crippen molar-refractivity contribution in [3.05, 3.63) is 0 Å². The van der Waals surface area contributed by atoms with Gasteiger partial charge in [-0.2, -0.15) is 0 Å². The van der Waals surface area contributed by atoms with Gasteiger partial charge in [-0.05, 0) is 44.4 Å². The van der Waals surface area contributed by atoms with Crippen LogP contribution < -0.4 is 0 Å². The van der Waals surface area contributed by atoms with Crippen molar-refractivity contribution in [2.24, 2.45) is 21.4 Å². The molecule has 1 saturated heterocycles. The molecule has 4 heteroatoms. The Kier molecular flexibility index (Phi) is 3.16. The minimum absolute atomic E-state index is 0.142. The Balaban J connectivity index is 1.99. The number of amides is 1. The smallest absolute Gasteiger partial charge is 0.229 e. The Morgan fingerprint density at radius 1 is 1.29 bits per heavy atom. The van der Waals surface area contributed by atoms with Gasteiger partial charge in [0.2, 0.25) is 5.91 Å². The van der Waals surface area contributed by atoms with E-state index in [4.69, 9.17) is 0 Å². The molecular weight excluding hydrogens is 264 g/mol. The fraction of sp³-hybridized carbons (Fsp3) is 0.882. The molecule has 0 aromatic rings. The number of nitrogens with zero attached hydrogens (tertiary/aromatic N) is 2. The Labute approximate surface area is 127 Å². The maximum atomic E-state index is 13.4. The number of hydrogen-bond acceptors (Lipinski definition) is 3. The van der Waals surface area contributed by atoms with E-state index in [9.17, 15) is 10.0 Å². The minimum Gasteiger partial charge on any atom is -0.411 e. The molecule has 0 radical (unpaired) electrons. The van der Waals surface area contributed by atoms with E-state index in [2.05, 4.69) is 37.8 Å². The van der Waals surface area contributed by atoms with Crippen molar-refractivity contribution in [1.82, 2.24) is 4.90 Å². The van der Waals surface area contributed by atoms with Crippen LogP contribution >= 0.6 is 0 Å². The fourth-order valence-electron chi connectivity index (χ4n) is 5.18. The number of likely N-dealkylation sites (tertiary alicyclic amines) is 1. The van der Waals surface area contributed by atoms with Crippen LogP contribution in [0.3, 0.4) is 0 Å². The second kappa shape index (κ2) is 4.47. The van der Waals surface area contributed by atoms with Crippen LogP contribution in [0.15, 0.2) is 5.16 Å². The summed E-state index contributed by atoms with van der Waals surface area (Å²) in [5.41, 5.74) is 0.179. The summed E-state index contributed by atoms with van der Waals surface area (Å²) < 4.78 is 0. The third kappa shape index (κ3) is 1.62. The van der Waals surface area contributed by atoms with Gasteiger partial charge in [0.05, 0.1) is 11.1 Å². The molecule has 1 heterocycles. The second-order valence-electron chi connectivity index (χ2n) is 8.11. The first-order chi connectivity index (χ1) is 9.80. The molecule has 1 N–H and O–H groups in total. The van der Waals surface area contributed by atoms with Crippen molar-refractivity contribution in [2.75, 3.05) is 6.54 Å². The van der Waals surface area contributed by atoms with E-state index in [1.807, 2.05) is 0 Å². The van der Waals surface area contributed by atoms with Gasteiger partial charge in [0, 0.05) is 24.4 Å². The molecule has 0 unspecified atom stereocenters. The number of piperidine rings is 1. The van der Waals surface area contributed by atoms with E-state index < -0.39 is 0 Å². The summed E-state index contributed by atoms with van der Waals surface area (Å²) in [6.07, 6.45) is 5.97. The first-order valence-electron chi connectivity index (χ1n) is 8.33. The van der Waals surface area contributed by atoms with Crippen molar-refractivity contribution in [2.45, 2.75) is 72.3 Å². The maximum absolute atomic E-state index is 13.4. The monoisotopic (exact) mass is 292 g/mol. The highest BCUT2D eigenvalue weighted by Gasteiger charge is 2.72. The average molecular weight is 292 g/mol. The zero-order chi connectivity index (χ0) is 15.5. The summed E-state index contributed by atoms with van der Waals surface area (Å²) in [7, 11) is 0. The molecule has 21 heavy (non-hydrogen) atoms. The van der Waals surface area contributed by atoms with Crippen LogP contribution in [0.25, 0.3) is 0 Å². The number of hydrogen-bond donors (Lipinski definition) is 1. The lowest BCUT2D eigenvalue weighted by atomic mass is 9.64. The van der Waals surface area contributed by atoms with E-state index in [1.54, 1.807) is 0 Å². The van der Waals surface area contributed by atoms with Crippen LogP contribution in [0.5, 0.6) is 0 Å². The molecule has 2 bridgehead atoms. The number of fused-ring (bicyclic) bond motifs is 2. The van der Waals surface area contributed by atoms with Crippen molar-refractivity contribution >= 4 is 11.6 Å². The molecule has 0 spiro atoms. The zero-order valence-corrected chi connectivity index (χ0v) is 13.8. The molecule has 2 aliphatic carbocycles. The molecule has 118 valence electrons. The zero-order valence-electron chi connectivity index (χ0n) is 13.8. The summed E-state index contributed by atoms with van der Waals surface area (Å²) in [5.74, 6) is 0.307. The Hall–Kier alpha value is -1.06. The van der Waals surface area contributed by atoms with Crippen molar-refractivity contribution in [3.63, 3.8) is 0 Å². The lowest BCUT2D eigenvalue weighted by Crippen LogP contribution is -2.52. The minimum atomic E-state index is -0.366. The van der Waals surface area contributed by atoms with Gasteiger partial charge >= 0.3 is 0 Å². The fourth-order valence-corrected chi connectivity index (χ4v) is 5.18. The van der Waals surface area contributed by atoms with E-state index >= 15 is 0 Å². The summed E-state index contributed by atoms with van der Waals surface area (Å²) in [6.45, 7) is 9.63. The van der Waals surface area contributed by atoms with Crippen molar-refractivity contribution in [1.29, 1.82) is 0 Å². The second-order valence-corrected chi connectivity index (χ2v) is 8.11. The SMILES string of the molecule is C[C@@H]1CCCCN1C(=O)[C@@]12CC[C@@](C)(/C(=N\O)C1)C2(C)C. The number of carbonyl (C=O) groups excluding carboxylic acids is 1. The highest BCUT2D eigenvalue weighted by molar-refractivity contribution is 6.02. The molecule has 3 aliphatic rings. The molecule has 3 atom stereocenters. The molecule has 4 nitrogen and oxygen atoms in total. The molecule has 2 saturated carbocycles. The van der Waals surface area contributed by atoms with Crippen LogP contribution in [-0.4, -0.2) is 34.3 Å². The van der Waals surface area contributed by atoms with Gasteiger partial charge < -0.3 is 10.1 Å².